The molecule has 0 spiro atoms. The molecule has 6 nitrogen and oxygen atoms in total. The van der Waals surface area contributed by atoms with Crippen LogP contribution in [0.15, 0.2) is 8.94 Å². The van der Waals surface area contributed by atoms with E-state index in [2.05, 4.69) is 20.4 Å². The van der Waals surface area contributed by atoms with Crippen LogP contribution in [0.5, 0.6) is 0 Å². The van der Waals surface area contributed by atoms with Crippen molar-refractivity contribution in [1.29, 1.82) is 0 Å². The van der Waals surface area contributed by atoms with Crippen LogP contribution in [0, 0.1) is 20.8 Å². The molecule has 0 aromatic carbocycles. The summed E-state index contributed by atoms with van der Waals surface area (Å²) in [6.07, 6.45) is 0.732. The van der Waals surface area contributed by atoms with Crippen molar-refractivity contribution in [2.24, 2.45) is 0 Å². The van der Waals surface area contributed by atoms with Crippen molar-refractivity contribution in [1.82, 2.24) is 20.4 Å². The van der Waals surface area contributed by atoms with Crippen molar-refractivity contribution in [3.05, 3.63) is 29.1 Å². The Morgan fingerprint density at radius 3 is 2.59 bits per heavy atom. The zero-order valence-corrected chi connectivity index (χ0v) is 10.3. The zero-order chi connectivity index (χ0) is 12.3. The molecule has 0 aliphatic carbocycles. The standard InChI is InChI=1S/C11H16N4O2/c1-7-8(2)16-11(13-7)6-12-5-4-10-14-9(3)17-15-10/h12H,4-6H2,1-3H3. The summed E-state index contributed by atoms with van der Waals surface area (Å²) in [4.78, 5) is 8.40. The fraction of sp³-hybridized carbons (Fsp3) is 0.545. The molecule has 0 saturated heterocycles. The van der Waals surface area contributed by atoms with Gasteiger partial charge in [-0.25, -0.2) is 4.98 Å². The van der Waals surface area contributed by atoms with E-state index in [1.165, 1.54) is 0 Å². The predicted octanol–water partition coefficient (Wildman–Crippen LogP) is 1.32. The number of rotatable bonds is 5. The molecule has 2 heterocycles. The van der Waals surface area contributed by atoms with Gasteiger partial charge in [-0.2, -0.15) is 4.98 Å². The maximum absolute atomic E-state index is 5.45. The number of aryl methyl sites for hydroxylation is 3. The van der Waals surface area contributed by atoms with E-state index in [-0.39, 0.29) is 0 Å². The Morgan fingerprint density at radius 2 is 2.00 bits per heavy atom. The van der Waals surface area contributed by atoms with Crippen molar-refractivity contribution >= 4 is 0 Å². The second-order valence-electron chi connectivity index (χ2n) is 3.91. The lowest BCUT2D eigenvalue weighted by Crippen LogP contribution is -2.17. The number of nitrogens with zero attached hydrogens (tertiary/aromatic N) is 3. The first kappa shape index (κ1) is 11.8. The number of nitrogens with one attached hydrogen (secondary N) is 1. The van der Waals surface area contributed by atoms with Gasteiger partial charge in [0.1, 0.15) is 5.76 Å². The van der Waals surface area contributed by atoms with Gasteiger partial charge in [0.25, 0.3) is 0 Å². The monoisotopic (exact) mass is 236 g/mol. The third-order valence-corrected chi connectivity index (χ3v) is 2.44. The topological polar surface area (TPSA) is 77.0 Å². The van der Waals surface area contributed by atoms with Gasteiger partial charge in [-0.05, 0) is 13.8 Å². The Morgan fingerprint density at radius 1 is 1.18 bits per heavy atom. The maximum Gasteiger partial charge on any atom is 0.223 e. The van der Waals surface area contributed by atoms with Crippen LogP contribution in [-0.4, -0.2) is 21.7 Å². The molecule has 0 unspecified atom stereocenters. The second-order valence-corrected chi connectivity index (χ2v) is 3.91. The molecule has 0 fully saturated rings. The summed E-state index contributed by atoms with van der Waals surface area (Å²) in [5, 5.41) is 7.04. The van der Waals surface area contributed by atoms with Gasteiger partial charge in [0, 0.05) is 19.9 Å². The van der Waals surface area contributed by atoms with E-state index in [1.807, 2.05) is 13.8 Å². The first-order chi connectivity index (χ1) is 8.15. The molecule has 2 aromatic heterocycles. The van der Waals surface area contributed by atoms with Crippen molar-refractivity contribution in [3.63, 3.8) is 0 Å². The van der Waals surface area contributed by atoms with E-state index in [1.54, 1.807) is 6.92 Å². The molecule has 0 bridgehead atoms. The van der Waals surface area contributed by atoms with E-state index >= 15 is 0 Å². The van der Waals surface area contributed by atoms with Gasteiger partial charge in [0.05, 0.1) is 12.2 Å². The van der Waals surface area contributed by atoms with E-state index < -0.39 is 0 Å². The van der Waals surface area contributed by atoms with E-state index in [0.717, 1.165) is 30.2 Å². The minimum absolute atomic E-state index is 0.596. The van der Waals surface area contributed by atoms with Gasteiger partial charge in [0.15, 0.2) is 5.82 Å². The number of hydrogen-bond acceptors (Lipinski definition) is 6. The molecule has 17 heavy (non-hydrogen) atoms. The van der Waals surface area contributed by atoms with Crippen LogP contribution in [0.2, 0.25) is 0 Å². The molecule has 0 aliphatic rings. The van der Waals surface area contributed by atoms with E-state index in [4.69, 9.17) is 8.94 Å². The summed E-state index contributed by atoms with van der Waals surface area (Å²) >= 11 is 0. The summed E-state index contributed by atoms with van der Waals surface area (Å²) in [6.45, 7) is 7.01. The van der Waals surface area contributed by atoms with Crippen molar-refractivity contribution in [3.8, 4) is 0 Å². The summed E-state index contributed by atoms with van der Waals surface area (Å²) < 4.78 is 10.3. The van der Waals surface area contributed by atoms with Gasteiger partial charge in [-0.15, -0.1) is 0 Å². The second kappa shape index (κ2) is 5.09. The van der Waals surface area contributed by atoms with Crippen molar-refractivity contribution < 1.29 is 8.94 Å². The molecule has 0 aliphatic heterocycles. The van der Waals surface area contributed by atoms with Crippen LogP contribution in [0.1, 0.15) is 29.1 Å². The van der Waals surface area contributed by atoms with Crippen molar-refractivity contribution in [2.75, 3.05) is 6.54 Å². The summed E-state index contributed by atoms with van der Waals surface area (Å²) in [5.41, 5.74) is 0.940. The zero-order valence-electron chi connectivity index (χ0n) is 10.3. The van der Waals surface area contributed by atoms with Crippen LogP contribution in [0.25, 0.3) is 0 Å². The van der Waals surface area contributed by atoms with Crippen LogP contribution in [0.3, 0.4) is 0 Å². The molecular formula is C11H16N4O2. The molecule has 0 atom stereocenters. The highest BCUT2D eigenvalue weighted by atomic mass is 16.5. The lowest BCUT2D eigenvalue weighted by molar-refractivity contribution is 0.386. The average Bonchev–Trinajstić information content (AvgIpc) is 2.82. The molecule has 0 saturated carbocycles. The quantitative estimate of drug-likeness (QED) is 0.789. The van der Waals surface area contributed by atoms with Crippen LogP contribution in [-0.2, 0) is 13.0 Å². The average molecular weight is 236 g/mol. The normalized spacial score (nSPS) is 11.0. The number of oxazole rings is 1. The molecule has 2 rings (SSSR count). The van der Waals surface area contributed by atoms with Gasteiger partial charge >= 0.3 is 0 Å². The van der Waals surface area contributed by atoms with Crippen LogP contribution < -0.4 is 5.32 Å². The third kappa shape index (κ3) is 3.13. The Bertz CT molecular complexity index is 470. The first-order valence-electron chi connectivity index (χ1n) is 5.58. The van der Waals surface area contributed by atoms with Gasteiger partial charge in [-0.3, -0.25) is 0 Å². The van der Waals surface area contributed by atoms with E-state index in [9.17, 15) is 0 Å². The minimum atomic E-state index is 0.596. The Kier molecular flexibility index (Phi) is 3.53. The Hall–Kier alpha value is -1.69. The summed E-state index contributed by atoms with van der Waals surface area (Å²) in [5.74, 6) is 2.90. The maximum atomic E-state index is 5.45. The van der Waals surface area contributed by atoms with Gasteiger partial charge in [0.2, 0.25) is 11.8 Å². The van der Waals surface area contributed by atoms with E-state index in [0.29, 0.717) is 18.3 Å². The third-order valence-electron chi connectivity index (χ3n) is 2.44. The molecule has 92 valence electrons. The smallest absolute Gasteiger partial charge is 0.223 e. The van der Waals surface area contributed by atoms with Crippen molar-refractivity contribution in [2.45, 2.75) is 33.7 Å². The minimum Gasteiger partial charge on any atom is -0.444 e. The summed E-state index contributed by atoms with van der Waals surface area (Å²) in [6, 6.07) is 0. The Labute approximate surface area is 99.4 Å². The highest BCUT2D eigenvalue weighted by Crippen LogP contribution is 2.07. The molecular weight excluding hydrogens is 220 g/mol. The molecule has 6 heteroatoms. The SMILES string of the molecule is Cc1nc(CCNCc2nc(C)c(C)o2)no1. The van der Waals surface area contributed by atoms with Crippen LogP contribution >= 0.6 is 0 Å². The molecule has 1 N–H and O–H groups in total. The highest BCUT2D eigenvalue weighted by Gasteiger charge is 2.05. The number of hydrogen-bond donors (Lipinski definition) is 1. The lowest BCUT2D eigenvalue weighted by Gasteiger charge is -1.98. The fourth-order valence-electron chi connectivity index (χ4n) is 1.45. The molecule has 0 radical (unpaired) electrons. The van der Waals surface area contributed by atoms with Gasteiger partial charge in [-0.1, -0.05) is 5.16 Å². The van der Waals surface area contributed by atoms with Gasteiger partial charge < -0.3 is 14.3 Å². The Balaban J connectivity index is 1.73. The summed E-state index contributed by atoms with van der Waals surface area (Å²) in [7, 11) is 0. The molecule has 0 amide bonds. The lowest BCUT2D eigenvalue weighted by atomic mass is 10.4. The molecule has 2 aromatic rings. The highest BCUT2D eigenvalue weighted by molar-refractivity contribution is 5.05. The first-order valence-corrected chi connectivity index (χ1v) is 5.58. The number of aromatic nitrogens is 3. The largest absolute Gasteiger partial charge is 0.444 e. The fourth-order valence-corrected chi connectivity index (χ4v) is 1.45. The van der Waals surface area contributed by atoms with Crippen LogP contribution in [0.4, 0.5) is 0 Å². The predicted molar refractivity (Wildman–Crippen MR) is 60.4 cm³/mol.